The Morgan fingerprint density at radius 3 is 1.54 bits per heavy atom. The summed E-state index contributed by atoms with van der Waals surface area (Å²) in [5.74, 6) is 0. The Kier molecular flexibility index (Phi) is 16.6. The fourth-order valence-corrected chi connectivity index (χ4v) is 0.774. The molecule has 0 atom stereocenters. The lowest BCUT2D eigenvalue weighted by Gasteiger charge is -2.26. The molecule has 0 aromatic heterocycles. The van der Waals surface area contributed by atoms with Crippen molar-refractivity contribution in [2.45, 2.75) is 6.92 Å². The summed E-state index contributed by atoms with van der Waals surface area (Å²) in [6.07, 6.45) is 3.87. The second-order valence-corrected chi connectivity index (χ2v) is 3.19. The zero-order chi connectivity index (χ0) is 10.0. The van der Waals surface area contributed by atoms with Gasteiger partial charge in [-0.05, 0) is 19.1 Å². The predicted octanol–water partition coefficient (Wildman–Crippen LogP) is -1.56. The van der Waals surface area contributed by atoms with Crippen molar-refractivity contribution >= 4 is 0 Å². The topological polar surface area (TPSA) is 20.2 Å². The highest BCUT2D eigenvalue weighted by molar-refractivity contribution is 4.69. The minimum absolute atomic E-state index is 0. The van der Waals surface area contributed by atoms with Crippen LogP contribution >= 0.6 is 0 Å². The maximum absolute atomic E-state index is 7.57. The maximum atomic E-state index is 7.57. The molecule has 0 fully saturated rings. The van der Waals surface area contributed by atoms with Gasteiger partial charge in [-0.15, -0.1) is 0 Å². The molecule has 0 aromatic rings. The molecule has 0 saturated carbocycles. The third kappa shape index (κ3) is 18.6. The summed E-state index contributed by atoms with van der Waals surface area (Å²) < 4.78 is 0.951. The minimum Gasteiger partial charge on any atom is -1.00 e. The standard InChI is InChI=1S/C8H16N.C2H6O.ClH/c1-5-7-9(3,4)8-6-2;1-2-3;/h5-6H,1-2,7-8H2,3-4H3;3H,2H2,1H3;1H/q+1;;/p-1. The number of aliphatic hydroxyl groups is 1. The van der Waals surface area contributed by atoms with Crippen LogP contribution in [0.2, 0.25) is 0 Å². The van der Waals surface area contributed by atoms with E-state index in [9.17, 15) is 0 Å². The fourth-order valence-electron chi connectivity index (χ4n) is 0.774. The van der Waals surface area contributed by atoms with Gasteiger partial charge in [-0.3, -0.25) is 0 Å². The fraction of sp³-hybridized carbons (Fsp3) is 0.600. The van der Waals surface area contributed by atoms with Gasteiger partial charge in [-0.25, -0.2) is 0 Å². The molecule has 1 N–H and O–H groups in total. The average molecular weight is 208 g/mol. The average Bonchev–Trinajstić information content (AvgIpc) is 1.88. The molecule has 0 spiro atoms. The van der Waals surface area contributed by atoms with Crippen LogP contribution in [0, 0.1) is 0 Å². The van der Waals surface area contributed by atoms with Gasteiger partial charge in [-0.2, -0.15) is 0 Å². The highest BCUT2D eigenvalue weighted by atomic mass is 35.5. The maximum Gasteiger partial charge on any atom is 0.0969 e. The van der Waals surface area contributed by atoms with Crippen LogP contribution in [-0.2, 0) is 0 Å². The van der Waals surface area contributed by atoms with Crippen LogP contribution in [0.5, 0.6) is 0 Å². The quantitative estimate of drug-likeness (QED) is 0.437. The largest absolute Gasteiger partial charge is 1.00 e. The molecule has 0 unspecified atom stereocenters. The monoisotopic (exact) mass is 207 g/mol. The molecule has 0 aromatic carbocycles. The lowest BCUT2D eigenvalue weighted by molar-refractivity contribution is -0.878. The van der Waals surface area contributed by atoms with Crippen molar-refractivity contribution in [1.29, 1.82) is 0 Å². The first-order chi connectivity index (χ1) is 5.54. The number of rotatable bonds is 4. The Hall–Kier alpha value is -0.310. The van der Waals surface area contributed by atoms with Crippen LogP contribution in [0.4, 0.5) is 0 Å². The Balaban J connectivity index is -0.000000220. The zero-order valence-corrected chi connectivity index (χ0v) is 9.72. The van der Waals surface area contributed by atoms with Gasteiger partial charge in [0.15, 0.2) is 0 Å². The van der Waals surface area contributed by atoms with E-state index in [0.717, 1.165) is 17.6 Å². The van der Waals surface area contributed by atoms with Crippen molar-refractivity contribution in [3.8, 4) is 0 Å². The second kappa shape index (κ2) is 11.7. The van der Waals surface area contributed by atoms with E-state index in [4.69, 9.17) is 5.11 Å². The predicted molar refractivity (Wildman–Crippen MR) is 55.0 cm³/mol. The molecular weight excluding hydrogens is 186 g/mol. The summed E-state index contributed by atoms with van der Waals surface area (Å²) >= 11 is 0. The molecule has 0 rings (SSSR count). The van der Waals surface area contributed by atoms with E-state index in [-0.39, 0.29) is 19.0 Å². The van der Waals surface area contributed by atoms with Crippen LogP contribution in [0.3, 0.4) is 0 Å². The summed E-state index contributed by atoms with van der Waals surface area (Å²) in [5, 5.41) is 7.57. The normalized spacial score (nSPS) is 8.92. The second-order valence-electron chi connectivity index (χ2n) is 3.19. The molecule has 0 heterocycles. The number of halogens is 1. The number of quaternary nitrogens is 1. The van der Waals surface area contributed by atoms with E-state index in [2.05, 4.69) is 27.3 Å². The van der Waals surface area contributed by atoms with E-state index in [0.29, 0.717) is 0 Å². The SMILES string of the molecule is C=CC[N+](C)(C)CC=C.CCO.[Cl-]. The molecule has 3 heteroatoms. The van der Waals surface area contributed by atoms with Crippen molar-refractivity contribution in [1.82, 2.24) is 0 Å². The summed E-state index contributed by atoms with van der Waals surface area (Å²) in [6.45, 7) is 11.3. The highest BCUT2D eigenvalue weighted by Crippen LogP contribution is 1.95. The van der Waals surface area contributed by atoms with Crippen LogP contribution in [0.1, 0.15) is 6.92 Å². The number of aliphatic hydroxyl groups excluding tert-OH is 1. The number of likely N-dealkylation sites (N-methyl/N-ethyl adjacent to an activating group) is 1. The smallest absolute Gasteiger partial charge is 0.0969 e. The van der Waals surface area contributed by atoms with Gasteiger partial charge in [0.2, 0.25) is 0 Å². The van der Waals surface area contributed by atoms with E-state index in [1.807, 2.05) is 12.2 Å². The van der Waals surface area contributed by atoms with Crippen LogP contribution in [-0.4, -0.2) is 43.4 Å². The third-order valence-corrected chi connectivity index (χ3v) is 1.25. The Morgan fingerprint density at radius 2 is 1.38 bits per heavy atom. The van der Waals surface area contributed by atoms with Crippen molar-refractivity contribution in [3.05, 3.63) is 25.3 Å². The number of nitrogens with zero attached hydrogens (tertiary/aromatic N) is 1. The summed E-state index contributed by atoms with van der Waals surface area (Å²) in [7, 11) is 4.31. The van der Waals surface area contributed by atoms with Crippen molar-refractivity contribution in [2.75, 3.05) is 33.8 Å². The summed E-state index contributed by atoms with van der Waals surface area (Å²) in [6, 6.07) is 0. The molecule has 13 heavy (non-hydrogen) atoms. The minimum atomic E-state index is 0. The summed E-state index contributed by atoms with van der Waals surface area (Å²) in [4.78, 5) is 0. The summed E-state index contributed by atoms with van der Waals surface area (Å²) in [5.41, 5.74) is 0. The van der Waals surface area contributed by atoms with Gasteiger partial charge in [0.1, 0.15) is 0 Å². The Morgan fingerprint density at radius 1 is 1.15 bits per heavy atom. The Bertz CT molecular complexity index is 112. The molecule has 0 amide bonds. The van der Waals surface area contributed by atoms with Gasteiger partial charge in [0.25, 0.3) is 0 Å². The molecule has 0 aliphatic carbocycles. The molecule has 0 aliphatic rings. The first kappa shape index (κ1) is 18.5. The van der Waals surface area contributed by atoms with E-state index in [1.54, 1.807) is 6.92 Å². The first-order valence-corrected chi connectivity index (χ1v) is 4.18. The molecule has 80 valence electrons. The molecule has 0 bridgehead atoms. The number of hydrogen-bond donors (Lipinski definition) is 1. The van der Waals surface area contributed by atoms with Crippen molar-refractivity contribution < 1.29 is 22.0 Å². The van der Waals surface area contributed by atoms with E-state index < -0.39 is 0 Å². The highest BCUT2D eigenvalue weighted by Gasteiger charge is 2.07. The Labute approximate surface area is 88.6 Å². The van der Waals surface area contributed by atoms with Gasteiger partial charge >= 0.3 is 0 Å². The molecular formula is C10H22ClNO. The molecule has 0 aliphatic heterocycles. The third-order valence-electron chi connectivity index (χ3n) is 1.25. The van der Waals surface area contributed by atoms with E-state index in [1.165, 1.54) is 0 Å². The van der Waals surface area contributed by atoms with Crippen molar-refractivity contribution in [2.24, 2.45) is 0 Å². The van der Waals surface area contributed by atoms with Gasteiger partial charge in [-0.1, -0.05) is 13.2 Å². The van der Waals surface area contributed by atoms with Crippen LogP contribution in [0.25, 0.3) is 0 Å². The van der Waals surface area contributed by atoms with Crippen molar-refractivity contribution in [3.63, 3.8) is 0 Å². The number of hydrogen-bond acceptors (Lipinski definition) is 1. The lowest BCUT2D eigenvalue weighted by atomic mass is 10.4. The first-order valence-electron chi connectivity index (χ1n) is 4.18. The van der Waals surface area contributed by atoms with Gasteiger partial charge in [0.05, 0.1) is 27.2 Å². The van der Waals surface area contributed by atoms with E-state index >= 15 is 0 Å². The zero-order valence-electron chi connectivity index (χ0n) is 8.96. The van der Waals surface area contributed by atoms with Crippen LogP contribution in [0.15, 0.2) is 25.3 Å². The molecule has 0 radical (unpaired) electrons. The molecule has 2 nitrogen and oxygen atoms in total. The van der Waals surface area contributed by atoms with Gasteiger partial charge < -0.3 is 22.0 Å². The van der Waals surface area contributed by atoms with Crippen LogP contribution < -0.4 is 12.4 Å². The van der Waals surface area contributed by atoms with Gasteiger partial charge in [0, 0.05) is 6.61 Å². The lowest BCUT2D eigenvalue weighted by Crippen LogP contribution is -3.00. The molecule has 0 saturated heterocycles.